The van der Waals surface area contributed by atoms with E-state index in [-0.39, 0.29) is 11.8 Å². The van der Waals surface area contributed by atoms with Crippen LogP contribution in [0.5, 0.6) is 0 Å². The Hall–Kier alpha value is -2.99. The SMILES string of the molecule is O=C(C1CCCN(Cc2nc(-c3ccccc3)no2)C1)N1CCc2ccccc21. The number of para-hydroxylation sites is 1. The van der Waals surface area contributed by atoms with Crippen molar-refractivity contribution in [2.24, 2.45) is 5.92 Å². The summed E-state index contributed by atoms with van der Waals surface area (Å²) in [6, 6.07) is 18.1. The van der Waals surface area contributed by atoms with E-state index in [2.05, 4.69) is 27.2 Å². The lowest BCUT2D eigenvalue weighted by molar-refractivity contribution is -0.124. The van der Waals surface area contributed by atoms with Gasteiger partial charge in [0, 0.05) is 24.3 Å². The quantitative estimate of drug-likeness (QED) is 0.684. The minimum absolute atomic E-state index is 0.0198. The Morgan fingerprint density at radius 1 is 1.07 bits per heavy atom. The lowest BCUT2D eigenvalue weighted by atomic mass is 9.96. The second-order valence-corrected chi connectivity index (χ2v) is 7.82. The van der Waals surface area contributed by atoms with Crippen molar-refractivity contribution >= 4 is 11.6 Å². The van der Waals surface area contributed by atoms with Crippen LogP contribution in [-0.4, -0.2) is 40.6 Å². The van der Waals surface area contributed by atoms with Gasteiger partial charge in [-0.25, -0.2) is 0 Å². The molecule has 0 N–H and O–H groups in total. The van der Waals surface area contributed by atoms with Gasteiger partial charge in [-0.2, -0.15) is 4.98 Å². The average molecular weight is 388 g/mol. The van der Waals surface area contributed by atoms with E-state index in [1.807, 2.05) is 47.4 Å². The molecule has 6 nitrogen and oxygen atoms in total. The van der Waals surface area contributed by atoms with Crippen LogP contribution in [0.15, 0.2) is 59.1 Å². The minimum atomic E-state index is 0.0198. The molecule has 1 aromatic heterocycles. The Bertz CT molecular complexity index is 1000. The number of hydrogen-bond acceptors (Lipinski definition) is 5. The van der Waals surface area contributed by atoms with E-state index in [4.69, 9.17) is 4.52 Å². The third kappa shape index (κ3) is 3.68. The normalized spacial score (nSPS) is 19.3. The molecule has 0 saturated carbocycles. The maximum Gasteiger partial charge on any atom is 0.241 e. The zero-order valence-corrected chi connectivity index (χ0v) is 16.3. The number of aromatic nitrogens is 2. The van der Waals surface area contributed by atoms with Crippen LogP contribution in [0.2, 0.25) is 0 Å². The largest absolute Gasteiger partial charge is 0.338 e. The van der Waals surface area contributed by atoms with Gasteiger partial charge in [-0.15, -0.1) is 0 Å². The predicted molar refractivity (Wildman–Crippen MR) is 110 cm³/mol. The molecule has 1 saturated heterocycles. The van der Waals surface area contributed by atoms with Crippen LogP contribution in [0, 0.1) is 5.92 Å². The summed E-state index contributed by atoms with van der Waals surface area (Å²) >= 11 is 0. The first-order valence-electron chi connectivity index (χ1n) is 10.3. The molecule has 29 heavy (non-hydrogen) atoms. The van der Waals surface area contributed by atoms with Crippen molar-refractivity contribution in [3.8, 4) is 11.4 Å². The summed E-state index contributed by atoms with van der Waals surface area (Å²) in [7, 11) is 0. The molecule has 1 amide bonds. The van der Waals surface area contributed by atoms with Crippen LogP contribution in [0.4, 0.5) is 5.69 Å². The molecule has 3 heterocycles. The van der Waals surface area contributed by atoms with Gasteiger partial charge in [0.25, 0.3) is 0 Å². The summed E-state index contributed by atoms with van der Waals surface area (Å²) in [5, 5.41) is 4.11. The number of piperidine rings is 1. The van der Waals surface area contributed by atoms with Crippen LogP contribution in [0.1, 0.15) is 24.3 Å². The minimum Gasteiger partial charge on any atom is -0.338 e. The first-order valence-corrected chi connectivity index (χ1v) is 10.3. The highest BCUT2D eigenvalue weighted by atomic mass is 16.5. The molecular formula is C23H24N4O2. The van der Waals surface area contributed by atoms with Crippen molar-refractivity contribution in [3.05, 3.63) is 66.1 Å². The van der Waals surface area contributed by atoms with E-state index in [1.165, 1.54) is 5.56 Å². The summed E-state index contributed by atoms with van der Waals surface area (Å²) < 4.78 is 5.47. The van der Waals surface area contributed by atoms with Crippen molar-refractivity contribution in [1.82, 2.24) is 15.0 Å². The number of carbonyl (C=O) groups excluding carboxylic acids is 1. The maximum atomic E-state index is 13.2. The van der Waals surface area contributed by atoms with Gasteiger partial charge in [-0.05, 0) is 37.4 Å². The summed E-state index contributed by atoms with van der Waals surface area (Å²) in [5.74, 6) is 1.48. The molecule has 0 radical (unpaired) electrons. The molecule has 0 bridgehead atoms. The highest BCUT2D eigenvalue weighted by molar-refractivity contribution is 5.97. The standard InChI is InChI=1S/C23H24N4O2/c28-23(27-14-12-17-7-4-5-11-20(17)27)19-10-6-13-26(15-19)16-21-24-22(25-29-21)18-8-2-1-3-9-18/h1-5,7-9,11,19H,6,10,12-16H2. The van der Waals surface area contributed by atoms with E-state index in [9.17, 15) is 4.79 Å². The van der Waals surface area contributed by atoms with Gasteiger partial charge in [0.15, 0.2) is 0 Å². The van der Waals surface area contributed by atoms with Crippen molar-refractivity contribution in [2.45, 2.75) is 25.8 Å². The second-order valence-electron chi connectivity index (χ2n) is 7.82. The van der Waals surface area contributed by atoms with E-state index >= 15 is 0 Å². The monoisotopic (exact) mass is 388 g/mol. The molecule has 2 aliphatic rings. The number of fused-ring (bicyclic) bond motifs is 1. The van der Waals surface area contributed by atoms with E-state index in [0.29, 0.717) is 18.3 Å². The second kappa shape index (κ2) is 7.79. The Balaban J connectivity index is 1.25. The van der Waals surface area contributed by atoms with Gasteiger partial charge in [0.1, 0.15) is 0 Å². The highest BCUT2D eigenvalue weighted by Crippen LogP contribution is 2.31. The molecule has 2 aliphatic heterocycles. The predicted octanol–water partition coefficient (Wildman–Crippen LogP) is 3.54. The first-order chi connectivity index (χ1) is 14.3. The number of hydrogen-bond donors (Lipinski definition) is 0. The summed E-state index contributed by atoms with van der Waals surface area (Å²) in [4.78, 5) is 22.0. The van der Waals surface area contributed by atoms with Gasteiger partial charge < -0.3 is 9.42 Å². The van der Waals surface area contributed by atoms with Crippen LogP contribution in [0.25, 0.3) is 11.4 Å². The summed E-state index contributed by atoms with van der Waals surface area (Å²) in [5.41, 5.74) is 3.30. The fourth-order valence-corrected chi connectivity index (χ4v) is 4.40. The van der Waals surface area contributed by atoms with Crippen LogP contribution >= 0.6 is 0 Å². The van der Waals surface area contributed by atoms with Gasteiger partial charge >= 0.3 is 0 Å². The van der Waals surface area contributed by atoms with Crippen molar-refractivity contribution < 1.29 is 9.32 Å². The molecule has 1 atom stereocenters. The highest BCUT2D eigenvalue weighted by Gasteiger charge is 2.33. The Morgan fingerprint density at radius 2 is 1.90 bits per heavy atom. The number of amides is 1. The number of anilines is 1. The van der Waals surface area contributed by atoms with Crippen molar-refractivity contribution in [2.75, 3.05) is 24.5 Å². The van der Waals surface area contributed by atoms with Gasteiger partial charge in [0.2, 0.25) is 17.6 Å². The molecule has 5 rings (SSSR count). The molecule has 1 unspecified atom stereocenters. The zero-order valence-electron chi connectivity index (χ0n) is 16.3. The third-order valence-corrected chi connectivity index (χ3v) is 5.87. The van der Waals surface area contributed by atoms with E-state index in [0.717, 1.165) is 50.1 Å². The number of rotatable bonds is 4. The van der Waals surface area contributed by atoms with Gasteiger partial charge in [-0.3, -0.25) is 9.69 Å². The molecular weight excluding hydrogens is 364 g/mol. The van der Waals surface area contributed by atoms with Gasteiger partial charge in [-0.1, -0.05) is 53.7 Å². The lowest BCUT2D eigenvalue weighted by Crippen LogP contribution is -2.44. The third-order valence-electron chi connectivity index (χ3n) is 5.87. The zero-order chi connectivity index (χ0) is 19.6. The molecule has 0 spiro atoms. The number of benzene rings is 2. The number of carbonyl (C=O) groups is 1. The summed E-state index contributed by atoms with van der Waals surface area (Å²) in [6.07, 6.45) is 2.89. The Labute approximate surface area is 170 Å². The molecule has 2 aromatic carbocycles. The first kappa shape index (κ1) is 18.1. The van der Waals surface area contributed by atoms with Gasteiger partial charge in [0.05, 0.1) is 12.5 Å². The summed E-state index contributed by atoms with van der Waals surface area (Å²) in [6.45, 7) is 3.06. The average Bonchev–Trinajstić information content (AvgIpc) is 3.41. The topological polar surface area (TPSA) is 62.5 Å². The smallest absolute Gasteiger partial charge is 0.241 e. The van der Waals surface area contributed by atoms with Crippen molar-refractivity contribution in [1.29, 1.82) is 0 Å². The molecule has 3 aromatic rings. The molecule has 0 aliphatic carbocycles. The van der Waals surface area contributed by atoms with E-state index < -0.39 is 0 Å². The van der Waals surface area contributed by atoms with Crippen molar-refractivity contribution in [3.63, 3.8) is 0 Å². The van der Waals surface area contributed by atoms with Crippen LogP contribution in [-0.2, 0) is 17.8 Å². The Morgan fingerprint density at radius 3 is 2.79 bits per heavy atom. The Kier molecular flexibility index (Phi) is 4.86. The maximum absolute atomic E-state index is 13.2. The van der Waals surface area contributed by atoms with Crippen LogP contribution in [0.3, 0.4) is 0 Å². The van der Waals surface area contributed by atoms with E-state index in [1.54, 1.807) is 0 Å². The molecule has 1 fully saturated rings. The fourth-order valence-electron chi connectivity index (χ4n) is 4.40. The van der Waals surface area contributed by atoms with Crippen LogP contribution < -0.4 is 4.90 Å². The number of nitrogens with zero attached hydrogens (tertiary/aromatic N) is 4. The molecule has 148 valence electrons. The molecule has 6 heteroatoms. The lowest BCUT2D eigenvalue weighted by Gasteiger charge is -2.33. The fraction of sp³-hybridized carbons (Fsp3) is 0.348. The number of likely N-dealkylation sites (tertiary alicyclic amines) is 1.